The van der Waals surface area contributed by atoms with Crippen LogP contribution in [0.1, 0.15) is 28.8 Å². The van der Waals surface area contributed by atoms with Crippen molar-refractivity contribution in [2.24, 2.45) is 5.92 Å². The maximum atomic E-state index is 13.1. The van der Waals surface area contributed by atoms with Crippen LogP contribution in [-0.2, 0) is 6.18 Å². The Kier molecular flexibility index (Phi) is 4.94. The first-order valence-electron chi connectivity index (χ1n) is 9.42. The summed E-state index contributed by atoms with van der Waals surface area (Å²) in [6.45, 7) is 0.407. The normalized spacial score (nSPS) is 23.1. The molecule has 3 amide bonds. The first-order chi connectivity index (χ1) is 13.8. The summed E-state index contributed by atoms with van der Waals surface area (Å²) in [7, 11) is 0. The van der Waals surface area contributed by atoms with Gasteiger partial charge in [0.2, 0.25) is 0 Å². The van der Waals surface area contributed by atoms with Crippen LogP contribution in [0.3, 0.4) is 0 Å². The van der Waals surface area contributed by atoms with Crippen molar-refractivity contribution in [1.82, 2.24) is 10.2 Å². The van der Waals surface area contributed by atoms with Crippen molar-refractivity contribution in [3.63, 3.8) is 0 Å². The number of urea groups is 1. The van der Waals surface area contributed by atoms with Gasteiger partial charge < -0.3 is 15.5 Å². The highest BCUT2D eigenvalue weighted by Gasteiger charge is 2.47. The van der Waals surface area contributed by atoms with Gasteiger partial charge in [-0.05, 0) is 43.0 Å². The fourth-order valence-corrected chi connectivity index (χ4v) is 4.25. The lowest BCUT2D eigenvalue weighted by Crippen LogP contribution is -2.48. The van der Waals surface area contributed by atoms with Crippen molar-refractivity contribution in [2.75, 3.05) is 11.9 Å². The standard InChI is InChI=1S/C21H20F3N3O2/c22-21(23,24)16-8-4-5-9-17(16)26-20(29)27-12-14-10-15(27)11-18(14)25-19(28)13-6-2-1-3-7-13/h1-9,14-15,18H,10-12H2,(H,25,28)(H,26,29). The van der Waals surface area contributed by atoms with Gasteiger partial charge in [0, 0.05) is 24.2 Å². The average molecular weight is 403 g/mol. The zero-order chi connectivity index (χ0) is 20.6. The van der Waals surface area contributed by atoms with Crippen LogP contribution in [0.5, 0.6) is 0 Å². The number of carbonyl (C=O) groups is 2. The van der Waals surface area contributed by atoms with Gasteiger partial charge in [-0.15, -0.1) is 0 Å². The number of hydrogen-bond acceptors (Lipinski definition) is 2. The Morgan fingerprint density at radius 1 is 0.966 bits per heavy atom. The number of hydrogen-bond donors (Lipinski definition) is 2. The van der Waals surface area contributed by atoms with Crippen LogP contribution < -0.4 is 10.6 Å². The molecule has 29 heavy (non-hydrogen) atoms. The summed E-state index contributed by atoms with van der Waals surface area (Å²) >= 11 is 0. The number of nitrogens with zero attached hydrogens (tertiary/aromatic N) is 1. The van der Waals surface area contributed by atoms with E-state index in [1.54, 1.807) is 29.2 Å². The first-order valence-corrected chi connectivity index (χ1v) is 9.42. The summed E-state index contributed by atoms with van der Waals surface area (Å²) in [5.74, 6) is -0.0606. The van der Waals surface area contributed by atoms with Crippen molar-refractivity contribution >= 4 is 17.6 Å². The molecular weight excluding hydrogens is 383 g/mol. The minimum atomic E-state index is -4.54. The molecule has 2 fully saturated rings. The molecule has 1 aliphatic carbocycles. The summed E-state index contributed by atoms with van der Waals surface area (Å²) in [6, 6.07) is 13.1. The molecule has 1 heterocycles. The van der Waals surface area contributed by atoms with Crippen LogP contribution in [0, 0.1) is 5.92 Å². The number of likely N-dealkylation sites (tertiary alicyclic amines) is 1. The molecule has 3 unspecified atom stereocenters. The average Bonchev–Trinajstić information content (AvgIpc) is 3.28. The molecule has 2 aliphatic rings. The molecule has 0 spiro atoms. The Labute approximate surface area is 165 Å². The number of anilines is 1. The van der Waals surface area contributed by atoms with Crippen molar-refractivity contribution in [3.8, 4) is 0 Å². The Hall–Kier alpha value is -3.03. The Bertz CT molecular complexity index is 917. The number of rotatable bonds is 3. The fourth-order valence-electron chi connectivity index (χ4n) is 4.25. The molecule has 4 rings (SSSR count). The van der Waals surface area contributed by atoms with Gasteiger partial charge in [0.25, 0.3) is 5.91 Å². The van der Waals surface area contributed by atoms with Crippen LogP contribution in [0.25, 0.3) is 0 Å². The van der Waals surface area contributed by atoms with Crippen molar-refractivity contribution in [1.29, 1.82) is 0 Å². The van der Waals surface area contributed by atoms with E-state index in [-0.39, 0.29) is 29.6 Å². The van der Waals surface area contributed by atoms with Crippen LogP contribution >= 0.6 is 0 Å². The summed E-state index contributed by atoms with van der Waals surface area (Å²) in [6.07, 6.45) is -3.22. The van der Waals surface area contributed by atoms with Gasteiger partial charge in [-0.2, -0.15) is 13.2 Å². The molecule has 3 atom stereocenters. The second-order valence-corrected chi connectivity index (χ2v) is 7.46. The Morgan fingerprint density at radius 3 is 2.31 bits per heavy atom. The van der Waals surface area contributed by atoms with Crippen LogP contribution in [0.2, 0.25) is 0 Å². The van der Waals surface area contributed by atoms with E-state index in [1.807, 2.05) is 6.07 Å². The van der Waals surface area contributed by atoms with E-state index >= 15 is 0 Å². The van der Waals surface area contributed by atoms with Crippen molar-refractivity contribution in [3.05, 3.63) is 65.7 Å². The minimum absolute atomic E-state index is 0.0424. The number of para-hydroxylation sites is 1. The van der Waals surface area contributed by atoms with E-state index in [9.17, 15) is 22.8 Å². The zero-order valence-electron chi connectivity index (χ0n) is 15.4. The van der Waals surface area contributed by atoms with Gasteiger partial charge in [-0.3, -0.25) is 4.79 Å². The third-order valence-corrected chi connectivity index (χ3v) is 5.63. The molecule has 152 valence electrons. The van der Waals surface area contributed by atoms with Gasteiger partial charge in [-0.25, -0.2) is 4.79 Å². The van der Waals surface area contributed by atoms with E-state index in [0.717, 1.165) is 12.5 Å². The SMILES string of the molecule is O=C(NC1CC2CC1CN2C(=O)Nc1ccccc1C(F)(F)F)c1ccccc1. The van der Waals surface area contributed by atoms with E-state index in [4.69, 9.17) is 0 Å². The van der Waals surface area contributed by atoms with Crippen molar-refractivity contribution in [2.45, 2.75) is 31.1 Å². The number of alkyl halides is 3. The highest BCUT2D eigenvalue weighted by molar-refractivity contribution is 5.94. The fraction of sp³-hybridized carbons (Fsp3) is 0.333. The van der Waals surface area contributed by atoms with Gasteiger partial charge in [0.05, 0.1) is 11.3 Å². The number of fused-ring (bicyclic) bond motifs is 2. The second-order valence-electron chi connectivity index (χ2n) is 7.46. The molecule has 8 heteroatoms. The number of piperidine rings is 1. The predicted octanol–water partition coefficient (Wildman–Crippen LogP) is 4.13. The van der Waals surface area contributed by atoms with Crippen molar-refractivity contribution < 1.29 is 22.8 Å². The van der Waals surface area contributed by atoms with Gasteiger partial charge in [0.15, 0.2) is 0 Å². The van der Waals surface area contributed by atoms with Crippen LogP contribution in [0.4, 0.5) is 23.7 Å². The molecule has 1 saturated heterocycles. The molecule has 2 aromatic carbocycles. The number of halogens is 3. The van der Waals surface area contributed by atoms with E-state index in [0.29, 0.717) is 18.5 Å². The maximum Gasteiger partial charge on any atom is 0.418 e. The topological polar surface area (TPSA) is 61.4 Å². The third kappa shape index (κ3) is 3.92. The molecule has 0 radical (unpaired) electrons. The third-order valence-electron chi connectivity index (χ3n) is 5.63. The number of nitrogens with one attached hydrogen (secondary N) is 2. The molecule has 2 aromatic rings. The number of carbonyl (C=O) groups excluding carboxylic acids is 2. The van der Waals surface area contributed by atoms with Gasteiger partial charge in [0.1, 0.15) is 0 Å². The molecule has 2 N–H and O–H groups in total. The predicted molar refractivity (Wildman–Crippen MR) is 101 cm³/mol. The highest BCUT2D eigenvalue weighted by atomic mass is 19.4. The Balaban J connectivity index is 1.38. The van der Waals surface area contributed by atoms with Gasteiger partial charge in [-0.1, -0.05) is 30.3 Å². The lowest BCUT2D eigenvalue weighted by atomic mass is 10.0. The number of amides is 3. The zero-order valence-corrected chi connectivity index (χ0v) is 15.4. The summed E-state index contributed by atoms with van der Waals surface area (Å²) in [4.78, 5) is 26.5. The summed E-state index contributed by atoms with van der Waals surface area (Å²) < 4.78 is 39.4. The smallest absolute Gasteiger partial charge is 0.349 e. The molecule has 5 nitrogen and oxygen atoms in total. The summed E-state index contributed by atoms with van der Waals surface area (Å²) in [5, 5.41) is 5.42. The lowest BCUT2D eigenvalue weighted by molar-refractivity contribution is -0.136. The molecule has 1 saturated carbocycles. The maximum absolute atomic E-state index is 13.1. The lowest BCUT2D eigenvalue weighted by Gasteiger charge is -2.32. The summed E-state index contributed by atoms with van der Waals surface area (Å²) in [5.41, 5.74) is -0.541. The second kappa shape index (κ2) is 7.42. The quantitative estimate of drug-likeness (QED) is 0.810. The molecule has 1 aliphatic heterocycles. The van der Waals surface area contributed by atoms with Crippen LogP contribution in [-0.4, -0.2) is 35.5 Å². The number of benzene rings is 2. The largest absolute Gasteiger partial charge is 0.418 e. The molecule has 0 aromatic heterocycles. The van der Waals surface area contributed by atoms with Crippen LogP contribution in [0.15, 0.2) is 54.6 Å². The van der Waals surface area contributed by atoms with E-state index in [1.165, 1.54) is 18.2 Å². The molecule has 2 bridgehead atoms. The molecular formula is C21H20F3N3O2. The van der Waals surface area contributed by atoms with E-state index in [2.05, 4.69) is 10.6 Å². The highest BCUT2D eigenvalue weighted by Crippen LogP contribution is 2.39. The monoisotopic (exact) mass is 403 g/mol. The van der Waals surface area contributed by atoms with Gasteiger partial charge >= 0.3 is 12.2 Å². The van der Waals surface area contributed by atoms with E-state index < -0.39 is 17.8 Å². The Morgan fingerprint density at radius 2 is 1.66 bits per heavy atom. The first kappa shape index (κ1) is 19.3. The minimum Gasteiger partial charge on any atom is -0.349 e.